The number of rotatable bonds is 13. The van der Waals surface area contributed by atoms with Crippen LogP contribution in [0.3, 0.4) is 0 Å². The van der Waals surface area contributed by atoms with Gasteiger partial charge in [0.25, 0.3) is 0 Å². The molecule has 0 saturated carbocycles. The summed E-state index contributed by atoms with van der Waals surface area (Å²) in [7, 11) is 0. The molecule has 0 aliphatic carbocycles. The van der Waals surface area contributed by atoms with Crippen molar-refractivity contribution in [2.45, 2.75) is 0 Å². The molecule has 4 aromatic heterocycles. The molecule has 14 aromatic carbocycles. The van der Waals surface area contributed by atoms with Gasteiger partial charge in [0, 0.05) is 99.5 Å². The molecule has 99 heavy (non-hydrogen) atoms. The summed E-state index contributed by atoms with van der Waals surface area (Å²) >= 11 is 3.48. The van der Waals surface area contributed by atoms with E-state index in [1.165, 1.54) is 49.3 Å². The minimum absolute atomic E-state index is 0.790. The molecular formula is C88H63BrN10. The zero-order chi connectivity index (χ0) is 66.3. The van der Waals surface area contributed by atoms with Crippen LogP contribution < -0.4 is 10.2 Å². The van der Waals surface area contributed by atoms with E-state index in [1.54, 1.807) is 0 Å². The van der Waals surface area contributed by atoms with Crippen molar-refractivity contribution >= 4 is 88.0 Å². The molecule has 0 unspecified atom stereocenters. The van der Waals surface area contributed by atoms with Gasteiger partial charge in [0.05, 0.1) is 22.1 Å². The first-order valence-corrected chi connectivity index (χ1v) is 33.7. The van der Waals surface area contributed by atoms with E-state index in [4.69, 9.17) is 5.10 Å². The highest BCUT2D eigenvalue weighted by Crippen LogP contribution is 2.40. The summed E-state index contributed by atoms with van der Waals surface area (Å²) in [4.78, 5) is 2.29. The Balaban J connectivity index is 0.000000128. The average molecular weight is 1340 g/mol. The molecule has 11 heteroatoms. The van der Waals surface area contributed by atoms with Gasteiger partial charge in [-0.25, -0.2) is 0 Å². The van der Waals surface area contributed by atoms with E-state index in [1.807, 2.05) is 115 Å². The molecule has 10 nitrogen and oxygen atoms in total. The Kier molecular flexibility index (Phi) is 17.1. The van der Waals surface area contributed by atoms with Gasteiger partial charge >= 0.3 is 0 Å². The highest BCUT2D eigenvalue weighted by atomic mass is 79.9. The third kappa shape index (κ3) is 12.4. The number of nitrogens with zero attached hydrogens (tertiary/aromatic N) is 9. The molecule has 0 aliphatic rings. The molecule has 0 aliphatic heterocycles. The molecule has 18 aromatic rings. The minimum atomic E-state index is 0.790. The van der Waals surface area contributed by atoms with Crippen LogP contribution in [-0.2, 0) is 0 Å². The third-order valence-corrected chi connectivity index (χ3v) is 18.2. The summed E-state index contributed by atoms with van der Waals surface area (Å²) in [6, 6.07) is 130. The number of halogens is 1. The molecule has 4 heterocycles. The van der Waals surface area contributed by atoms with Crippen molar-refractivity contribution in [1.82, 2.24) is 38.7 Å². The van der Waals surface area contributed by atoms with Crippen LogP contribution in [0.25, 0.3) is 112 Å². The maximum atomic E-state index is 4.70. The highest BCUT2D eigenvalue weighted by Gasteiger charge is 2.21. The van der Waals surface area contributed by atoms with Crippen molar-refractivity contribution in [3.8, 4) is 68.3 Å². The highest BCUT2D eigenvalue weighted by molar-refractivity contribution is 9.10. The van der Waals surface area contributed by atoms with E-state index >= 15 is 0 Å². The Bertz CT molecular complexity index is 5620. The SMILES string of the molecule is Brc1ccc(-c2nnc(-c3ccccc3)n2-c2ccccc2)cc1.c1ccc(-c2nnc(-c3ccc(N(c4ccccc4)c4ccc(-n5c6ccccc6c6ccccc65)cc4)cc3)n2-c2ccccc2)cc1.c1ccc(Nc2ccc(-n3c4ccccc4c4ccccc43)cc2)cc1. The smallest absolute Gasteiger partial charge is 0.168 e. The van der Waals surface area contributed by atoms with Crippen molar-refractivity contribution in [3.05, 3.63) is 381 Å². The lowest BCUT2D eigenvalue weighted by Crippen LogP contribution is -2.10. The Labute approximate surface area is 582 Å². The molecule has 0 saturated heterocycles. The standard InChI is InChI=1S/C44H31N5.C24H18N2.C20H14BrN3/c1-4-14-32(15-5-1)43-45-46-44(49(43)35-18-8-3-9-19-35)33-24-26-36(27-25-33)47(34-16-6-2-7-17-34)37-28-30-38(31-29-37)48-41-22-12-10-20-39(41)40-21-11-13-23-42(40)48;1-2-8-18(9-3-1)25-19-14-16-20(17-15-19)26-23-12-6-4-10-21(23)22-11-5-7-13-24(22)26;21-17-13-11-16(12-14-17)20-23-22-19(15-7-3-1-4-8-15)24(20)18-9-5-2-6-10-18/h1-31H;1-17,25H;1-14H. The second-order valence-electron chi connectivity index (χ2n) is 23.8. The van der Waals surface area contributed by atoms with Crippen LogP contribution in [0.15, 0.2) is 381 Å². The largest absolute Gasteiger partial charge is 0.356 e. The predicted octanol–water partition coefficient (Wildman–Crippen LogP) is 23.1. The van der Waals surface area contributed by atoms with Crippen LogP contribution in [0.2, 0.25) is 0 Å². The van der Waals surface area contributed by atoms with Gasteiger partial charge in [-0.2, -0.15) is 0 Å². The van der Waals surface area contributed by atoms with E-state index in [2.05, 4.69) is 321 Å². The molecule has 0 fully saturated rings. The monoisotopic (exact) mass is 1340 g/mol. The fourth-order valence-corrected chi connectivity index (χ4v) is 13.3. The van der Waals surface area contributed by atoms with Gasteiger partial charge in [-0.1, -0.05) is 234 Å². The van der Waals surface area contributed by atoms with Gasteiger partial charge in [0.2, 0.25) is 0 Å². The van der Waals surface area contributed by atoms with E-state index in [0.29, 0.717) is 0 Å². The third-order valence-electron chi connectivity index (χ3n) is 17.6. The number of benzene rings is 14. The number of fused-ring (bicyclic) bond motifs is 6. The maximum Gasteiger partial charge on any atom is 0.168 e. The zero-order valence-electron chi connectivity index (χ0n) is 53.7. The first-order chi connectivity index (χ1) is 49.1. The molecule has 0 bridgehead atoms. The van der Waals surface area contributed by atoms with Crippen LogP contribution in [0, 0.1) is 0 Å². The van der Waals surface area contributed by atoms with Crippen LogP contribution in [0.1, 0.15) is 0 Å². The molecule has 0 radical (unpaired) electrons. The molecule has 18 rings (SSSR count). The molecule has 0 atom stereocenters. The van der Waals surface area contributed by atoms with Gasteiger partial charge in [0.15, 0.2) is 23.3 Å². The first kappa shape index (κ1) is 60.9. The zero-order valence-corrected chi connectivity index (χ0v) is 55.3. The molecule has 0 spiro atoms. The van der Waals surface area contributed by atoms with Crippen LogP contribution in [0.4, 0.5) is 28.4 Å². The Morgan fingerprint density at radius 3 is 0.869 bits per heavy atom. The lowest BCUT2D eigenvalue weighted by molar-refractivity contribution is 1.07. The van der Waals surface area contributed by atoms with Crippen molar-refractivity contribution < 1.29 is 0 Å². The Morgan fingerprint density at radius 1 is 0.222 bits per heavy atom. The van der Waals surface area contributed by atoms with Gasteiger partial charge < -0.3 is 19.4 Å². The predicted molar refractivity (Wildman–Crippen MR) is 412 cm³/mol. The van der Waals surface area contributed by atoms with Gasteiger partial charge in [-0.05, 0) is 158 Å². The summed E-state index contributed by atoms with van der Waals surface area (Å²) in [5.41, 5.74) is 18.7. The molecular weight excluding hydrogens is 1280 g/mol. The van der Waals surface area contributed by atoms with E-state index in [9.17, 15) is 0 Å². The van der Waals surface area contributed by atoms with Crippen LogP contribution in [-0.4, -0.2) is 38.7 Å². The molecule has 0 amide bonds. The minimum Gasteiger partial charge on any atom is -0.356 e. The number of anilines is 5. The number of aromatic nitrogens is 8. The number of hydrogen-bond donors (Lipinski definition) is 1. The molecule has 1 N–H and O–H groups in total. The number of hydrogen-bond acceptors (Lipinski definition) is 6. The number of para-hydroxylation sites is 8. The van der Waals surface area contributed by atoms with Crippen LogP contribution in [0.5, 0.6) is 0 Å². The first-order valence-electron chi connectivity index (χ1n) is 32.9. The van der Waals surface area contributed by atoms with E-state index in [0.717, 1.165) is 95.5 Å². The summed E-state index contributed by atoms with van der Waals surface area (Å²) < 4.78 is 9.95. The summed E-state index contributed by atoms with van der Waals surface area (Å²) in [5.74, 6) is 3.26. The summed E-state index contributed by atoms with van der Waals surface area (Å²) in [6.45, 7) is 0. The normalized spacial score (nSPS) is 11.1. The number of nitrogens with one attached hydrogen (secondary N) is 1. The average Bonchev–Trinajstić information content (AvgIpc) is 1.63. The fourth-order valence-electron chi connectivity index (χ4n) is 13.1. The van der Waals surface area contributed by atoms with Crippen molar-refractivity contribution in [2.24, 2.45) is 0 Å². The Hall–Kier alpha value is -13.0. The molecule has 472 valence electrons. The van der Waals surface area contributed by atoms with E-state index < -0.39 is 0 Å². The van der Waals surface area contributed by atoms with Gasteiger partial charge in [-0.3, -0.25) is 9.13 Å². The van der Waals surface area contributed by atoms with Gasteiger partial charge in [-0.15, -0.1) is 20.4 Å². The maximum absolute atomic E-state index is 4.70. The fraction of sp³-hybridized carbons (Fsp3) is 0. The Morgan fingerprint density at radius 2 is 0.485 bits per heavy atom. The second-order valence-corrected chi connectivity index (χ2v) is 24.7. The quantitative estimate of drug-likeness (QED) is 0.124. The van der Waals surface area contributed by atoms with Crippen LogP contribution >= 0.6 is 15.9 Å². The lowest BCUT2D eigenvalue weighted by Gasteiger charge is -2.26. The summed E-state index contributed by atoms with van der Waals surface area (Å²) in [6.07, 6.45) is 0. The topological polar surface area (TPSA) is 86.6 Å². The van der Waals surface area contributed by atoms with Crippen molar-refractivity contribution in [1.29, 1.82) is 0 Å². The van der Waals surface area contributed by atoms with Gasteiger partial charge in [0.1, 0.15) is 0 Å². The van der Waals surface area contributed by atoms with Crippen molar-refractivity contribution in [2.75, 3.05) is 10.2 Å². The summed E-state index contributed by atoms with van der Waals surface area (Å²) in [5, 5.41) is 26.8. The van der Waals surface area contributed by atoms with E-state index in [-0.39, 0.29) is 0 Å². The second kappa shape index (κ2) is 27.8. The van der Waals surface area contributed by atoms with Crippen molar-refractivity contribution in [3.63, 3.8) is 0 Å². The lowest BCUT2D eigenvalue weighted by atomic mass is 10.1.